The van der Waals surface area contributed by atoms with Crippen molar-refractivity contribution in [1.29, 1.82) is 0 Å². The average molecular weight is 317 g/mol. The molecule has 1 aliphatic rings. The number of carbonyl (C=O) groups is 1. The van der Waals surface area contributed by atoms with Gasteiger partial charge in [-0.2, -0.15) is 0 Å². The Morgan fingerprint density at radius 3 is 2.52 bits per heavy atom. The molecule has 0 aliphatic carbocycles. The van der Waals surface area contributed by atoms with Crippen molar-refractivity contribution in [2.45, 2.75) is 84.7 Å². The number of carboxylic acid groups (broad SMARTS) is 1. The SMILES string of the molecule is CCCC[C@@H](C(=O)O)N1c2cc(C)c(C)cc2[C@H](C)CC1(C)C. The van der Waals surface area contributed by atoms with E-state index in [0.717, 1.165) is 24.9 Å². The fourth-order valence-electron chi connectivity index (χ4n) is 4.06. The van der Waals surface area contributed by atoms with Gasteiger partial charge in [-0.1, -0.05) is 32.8 Å². The second-order valence-corrected chi connectivity index (χ2v) is 7.78. The number of aliphatic carboxylic acids is 1. The lowest BCUT2D eigenvalue weighted by molar-refractivity contribution is -0.139. The molecule has 1 aromatic rings. The van der Waals surface area contributed by atoms with Gasteiger partial charge < -0.3 is 10.0 Å². The molecule has 0 spiro atoms. The van der Waals surface area contributed by atoms with E-state index in [9.17, 15) is 9.90 Å². The van der Waals surface area contributed by atoms with Crippen molar-refractivity contribution in [3.8, 4) is 0 Å². The fourth-order valence-corrected chi connectivity index (χ4v) is 4.06. The first-order chi connectivity index (χ1) is 10.7. The smallest absolute Gasteiger partial charge is 0.326 e. The van der Waals surface area contributed by atoms with Gasteiger partial charge in [0.1, 0.15) is 6.04 Å². The lowest BCUT2D eigenvalue weighted by atomic mass is 9.77. The molecule has 2 rings (SSSR count). The lowest BCUT2D eigenvalue weighted by Gasteiger charge is -2.50. The number of rotatable bonds is 5. The summed E-state index contributed by atoms with van der Waals surface area (Å²) in [5, 5.41) is 9.86. The van der Waals surface area contributed by atoms with Gasteiger partial charge in [0.25, 0.3) is 0 Å². The minimum atomic E-state index is -0.703. The number of carboxylic acids is 1. The molecule has 23 heavy (non-hydrogen) atoms. The van der Waals surface area contributed by atoms with Gasteiger partial charge in [0.05, 0.1) is 0 Å². The molecule has 0 unspecified atom stereocenters. The van der Waals surface area contributed by atoms with E-state index in [4.69, 9.17) is 0 Å². The van der Waals surface area contributed by atoms with Crippen LogP contribution in [-0.4, -0.2) is 22.7 Å². The Morgan fingerprint density at radius 1 is 1.35 bits per heavy atom. The second-order valence-electron chi connectivity index (χ2n) is 7.78. The van der Waals surface area contributed by atoms with E-state index in [1.165, 1.54) is 16.7 Å². The summed E-state index contributed by atoms with van der Waals surface area (Å²) in [4.78, 5) is 14.2. The Labute approximate surface area is 140 Å². The molecule has 3 heteroatoms. The Balaban J connectivity index is 2.58. The molecule has 0 saturated heterocycles. The predicted molar refractivity (Wildman–Crippen MR) is 96.5 cm³/mol. The van der Waals surface area contributed by atoms with Crippen molar-refractivity contribution in [3.05, 3.63) is 28.8 Å². The first-order valence-electron chi connectivity index (χ1n) is 8.82. The van der Waals surface area contributed by atoms with Gasteiger partial charge in [-0.25, -0.2) is 4.79 Å². The molecule has 1 heterocycles. The molecule has 0 radical (unpaired) electrons. The fraction of sp³-hybridized carbons (Fsp3) is 0.650. The summed E-state index contributed by atoms with van der Waals surface area (Å²) < 4.78 is 0. The van der Waals surface area contributed by atoms with Crippen LogP contribution in [0.2, 0.25) is 0 Å². The molecule has 2 atom stereocenters. The highest BCUT2D eigenvalue weighted by molar-refractivity contribution is 5.80. The second kappa shape index (κ2) is 6.54. The molecule has 1 aliphatic heterocycles. The summed E-state index contributed by atoms with van der Waals surface area (Å²) in [6, 6.07) is 4.01. The molecule has 128 valence electrons. The topological polar surface area (TPSA) is 40.5 Å². The van der Waals surface area contributed by atoms with Gasteiger partial charge in [0, 0.05) is 11.2 Å². The number of nitrogens with zero attached hydrogens (tertiary/aromatic N) is 1. The maximum absolute atomic E-state index is 12.0. The number of fused-ring (bicyclic) bond motifs is 1. The molecule has 3 nitrogen and oxygen atoms in total. The summed E-state index contributed by atoms with van der Waals surface area (Å²) >= 11 is 0. The van der Waals surface area contributed by atoms with Gasteiger partial charge in [-0.3, -0.25) is 0 Å². The van der Waals surface area contributed by atoms with E-state index in [1.54, 1.807) is 0 Å². The van der Waals surface area contributed by atoms with Crippen molar-refractivity contribution in [2.24, 2.45) is 0 Å². The molecule has 0 saturated carbocycles. The van der Waals surface area contributed by atoms with Crippen LogP contribution in [0.25, 0.3) is 0 Å². The number of benzene rings is 1. The van der Waals surface area contributed by atoms with Gasteiger partial charge in [0.2, 0.25) is 0 Å². The van der Waals surface area contributed by atoms with Gasteiger partial charge >= 0.3 is 5.97 Å². The standard InChI is InChI=1S/C20H31NO2/c1-7-8-9-17(19(22)23)21-18-11-14(3)13(2)10-16(18)15(4)12-20(21,5)6/h10-11,15,17H,7-9,12H2,1-6H3,(H,22,23)/t15-,17+/m1/s1. The molecule has 0 bridgehead atoms. The van der Waals surface area contributed by atoms with Crippen LogP contribution < -0.4 is 4.90 Å². The summed E-state index contributed by atoms with van der Waals surface area (Å²) in [7, 11) is 0. The zero-order chi connectivity index (χ0) is 17.4. The van der Waals surface area contributed by atoms with Crippen molar-refractivity contribution in [1.82, 2.24) is 0 Å². The summed E-state index contributed by atoms with van der Waals surface area (Å²) in [6.45, 7) is 13.0. The molecule has 1 aromatic carbocycles. The maximum atomic E-state index is 12.0. The van der Waals surface area contributed by atoms with Crippen molar-refractivity contribution >= 4 is 11.7 Å². The first-order valence-corrected chi connectivity index (χ1v) is 8.82. The van der Waals surface area contributed by atoms with Gasteiger partial charge in [-0.05, 0) is 69.2 Å². The molecular formula is C20H31NO2. The highest BCUT2D eigenvalue weighted by Crippen LogP contribution is 2.45. The minimum absolute atomic E-state index is 0.148. The van der Waals surface area contributed by atoms with E-state index in [0.29, 0.717) is 12.3 Å². The highest BCUT2D eigenvalue weighted by atomic mass is 16.4. The number of aryl methyl sites for hydroxylation is 2. The Kier molecular flexibility index (Phi) is 5.07. The van der Waals surface area contributed by atoms with E-state index < -0.39 is 12.0 Å². The van der Waals surface area contributed by atoms with Crippen LogP contribution in [0.3, 0.4) is 0 Å². The quantitative estimate of drug-likeness (QED) is 0.827. The van der Waals surface area contributed by atoms with E-state index in [-0.39, 0.29) is 5.54 Å². The summed E-state index contributed by atoms with van der Waals surface area (Å²) in [5.74, 6) is -0.249. The van der Waals surface area contributed by atoms with Crippen LogP contribution in [0, 0.1) is 13.8 Å². The zero-order valence-electron chi connectivity index (χ0n) is 15.4. The van der Waals surface area contributed by atoms with Gasteiger partial charge in [-0.15, -0.1) is 0 Å². The molecule has 1 N–H and O–H groups in total. The normalized spacial score (nSPS) is 21.0. The number of anilines is 1. The van der Waals surface area contributed by atoms with E-state index in [2.05, 4.69) is 58.6 Å². The zero-order valence-corrected chi connectivity index (χ0v) is 15.4. The third-order valence-corrected chi connectivity index (χ3v) is 5.32. The predicted octanol–water partition coefficient (Wildman–Crippen LogP) is 5.04. The van der Waals surface area contributed by atoms with Crippen molar-refractivity contribution < 1.29 is 9.90 Å². The molecule has 0 aromatic heterocycles. The third-order valence-electron chi connectivity index (χ3n) is 5.32. The van der Waals surface area contributed by atoms with Crippen LogP contribution >= 0.6 is 0 Å². The number of unbranched alkanes of at least 4 members (excludes halogenated alkanes) is 1. The van der Waals surface area contributed by atoms with E-state index in [1.807, 2.05) is 0 Å². The monoisotopic (exact) mass is 317 g/mol. The number of hydrogen-bond acceptors (Lipinski definition) is 2. The van der Waals surface area contributed by atoms with Crippen molar-refractivity contribution in [3.63, 3.8) is 0 Å². The van der Waals surface area contributed by atoms with Crippen LogP contribution in [0.1, 0.15) is 76.0 Å². The molecule has 0 fully saturated rings. The van der Waals surface area contributed by atoms with Crippen molar-refractivity contribution in [2.75, 3.05) is 4.90 Å². The molecular weight excluding hydrogens is 286 g/mol. The van der Waals surface area contributed by atoms with Gasteiger partial charge in [0.15, 0.2) is 0 Å². The summed E-state index contributed by atoms with van der Waals surface area (Å²) in [5.41, 5.74) is 4.80. The average Bonchev–Trinajstić information content (AvgIpc) is 2.43. The first kappa shape index (κ1) is 17.8. The van der Waals surface area contributed by atoms with Crippen LogP contribution in [0.4, 0.5) is 5.69 Å². The Hall–Kier alpha value is -1.51. The summed E-state index contributed by atoms with van der Waals surface area (Å²) in [6.07, 6.45) is 3.65. The van der Waals surface area contributed by atoms with Crippen LogP contribution in [-0.2, 0) is 4.79 Å². The largest absolute Gasteiger partial charge is 0.480 e. The lowest BCUT2D eigenvalue weighted by Crippen LogP contribution is -2.56. The molecule has 0 amide bonds. The number of hydrogen-bond donors (Lipinski definition) is 1. The van der Waals surface area contributed by atoms with Crippen LogP contribution in [0.5, 0.6) is 0 Å². The Morgan fingerprint density at radius 2 is 1.96 bits per heavy atom. The van der Waals surface area contributed by atoms with Crippen LogP contribution in [0.15, 0.2) is 12.1 Å². The third kappa shape index (κ3) is 3.39. The minimum Gasteiger partial charge on any atom is -0.480 e. The highest BCUT2D eigenvalue weighted by Gasteiger charge is 2.42. The Bertz CT molecular complexity index is 592. The van der Waals surface area contributed by atoms with E-state index >= 15 is 0 Å². The maximum Gasteiger partial charge on any atom is 0.326 e.